The highest BCUT2D eigenvalue weighted by Gasteiger charge is 2.37. The van der Waals surface area contributed by atoms with Crippen molar-refractivity contribution in [3.05, 3.63) is 69.2 Å². The fourth-order valence-corrected chi connectivity index (χ4v) is 3.00. The van der Waals surface area contributed by atoms with Crippen LogP contribution in [0.4, 0.5) is 0 Å². The third-order valence-electron chi connectivity index (χ3n) is 3.58. The van der Waals surface area contributed by atoms with E-state index in [0.29, 0.717) is 12.0 Å². The first-order chi connectivity index (χ1) is 9.24. The molecule has 2 unspecified atom stereocenters. The molecular weight excluding hydrogens is 322 g/mol. The molecule has 0 bridgehead atoms. The summed E-state index contributed by atoms with van der Waals surface area (Å²) in [6.07, 6.45) is 1.22. The zero-order valence-electron chi connectivity index (χ0n) is 10.4. The Kier molecular flexibility index (Phi) is 3.92. The second-order valence-corrected chi connectivity index (χ2v) is 6.30. The molecule has 1 fully saturated rings. The van der Waals surface area contributed by atoms with E-state index >= 15 is 0 Å². The molecule has 2 aromatic carbocycles. The molecule has 0 radical (unpaired) electrons. The van der Waals surface area contributed by atoms with Crippen molar-refractivity contribution in [2.75, 3.05) is 0 Å². The lowest BCUT2D eigenvalue weighted by atomic mass is 10.1. The summed E-state index contributed by atoms with van der Waals surface area (Å²) in [6, 6.07) is 17.3. The van der Waals surface area contributed by atoms with Gasteiger partial charge in [-0.3, -0.25) is 0 Å². The molecule has 3 heteroatoms. The third-order valence-corrected chi connectivity index (χ3v) is 4.44. The van der Waals surface area contributed by atoms with Crippen molar-refractivity contribution in [1.82, 2.24) is 5.32 Å². The van der Waals surface area contributed by atoms with Gasteiger partial charge in [0.25, 0.3) is 0 Å². The van der Waals surface area contributed by atoms with Gasteiger partial charge < -0.3 is 5.32 Å². The average molecular weight is 337 g/mol. The van der Waals surface area contributed by atoms with Gasteiger partial charge in [0.15, 0.2) is 0 Å². The van der Waals surface area contributed by atoms with Crippen LogP contribution in [0, 0.1) is 0 Å². The van der Waals surface area contributed by atoms with Gasteiger partial charge in [-0.2, -0.15) is 0 Å². The first kappa shape index (κ1) is 13.2. The van der Waals surface area contributed by atoms with E-state index in [4.69, 9.17) is 11.6 Å². The van der Waals surface area contributed by atoms with Crippen molar-refractivity contribution in [2.24, 2.45) is 0 Å². The average Bonchev–Trinajstić information content (AvgIpc) is 3.20. The van der Waals surface area contributed by atoms with Crippen LogP contribution >= 0.6 is 27.5 Å². The second kappa shape index (κ2) is 5.66. The van der Waals surface area contributed by atoms with E-state index in [0.717, 1.165) is 21.6 Å². The number of nitrogens with one attached hydrogen (secondary N) is 1. The summed E-state index contributed by atoms with van der Waals surface area (Å²) in [7, 11) is 0. The van der Waals surface area contributed by atoms with Crippen molar-refractivity contribution < 1.29 is 0 Å². The van der Waals surface area contributed by atoms with Gasteiger partial charge in [-0.15, -0.1) is 0 Å². The molecule has 1 nitrogen and oxygen atoms in total. The molecule has 1 N–H and O–H groups in total. The van der Waals surface area contributed by atoms with E-state index in [1.54, 1.807) is 0 Å². The van der Waals surface area contributed by atoms with Crippen molar-refractivity contribution in [3.63, 3.8) is 0 Å². The monoisotopic (exact) mass is 335 g/mol. The summed E-state index contributed by atoms with van der Waals surface area (Å²) in [6.45, 7) is 0.826. The standard InChI is InChI=1S/C16H15BrClN/c17-13-6-7-15(18)12(8-13)10-19-16-9-14(16)11-4-2-1-3-5-11/h1-8,14,16,19H,9-10H2. The molecule has 1 aliphatic carbocycles. The zero-order chi connectivity index (χ0) is 13.2. The van der Waals surface area contributed by atoms with E-state index in [9.17, 15) is 0 Å². The molecule has 19 heavy (non-hydrogen) atoms. The smallest absolute Gasteiger partial charge is 0.0451 e. The van der Waals surface area contributed by atoms with Gasteiger partial charge in [-0.25, -0.2) is 0 Å². The highest BCUT2D eigenvalue weighted by Crippen LogP contribution is 2.40. The van der Waals surface area contributed by atoms with Crippen LogP contribution in [0.2, 0.25) is 5.02 Å². The van der Waals surface area contributed by atoms with E-state index in [-0.39, 0.29) is 0 Å². The maximum absolute atomic E-state index is 6.19. The maximum atomic E-state index is 6.19. The molecule has 0 aromatic heterocycles. The van der Waals surface area contributed by atoms with Gasteiger partial charge in [0.2, 0.25) is 0 Å². The SMILES string of the molecule is Clc1ccc(Br)cc1CNC1CC1c1ccccc1. The number of rotatable bonds is 4. The van der Waals surface area contributed by atoms with Crippen LogP contribution in [0.5, 0.6) is 0 Å². The van der Waals surface area contributed by atoms with E-state index in [1.807, 2.05) is 12.1 Å². The van der Waals surface area contributed by atoms with Gasteiger partial charge in [0.05, 0.1) is 0 Å². The normalized spacial score (nSPS) is 21.4. The van der Waals surface area contributed by atoms with Crippen LogP contribution in [0.25, 0.3) is 0 Å². The summed E-state index contributed by atoms with van der Waals surface area (Å²) in [5.41, 5.74) is 2.58. The molecule has 1 saturated carbocycles. The number of halogens is 2. The quantitative estimate of drug-likeness (QED) is 0.849. The lowest BCUT2D eigenvalue weighted by Crippen LogP contribution is -2.17. The van der Waals surface area contributed by atoms with Crippen molar-refractivity contribution >= 4 is 27.5 Å². The molecule has 2 aromatic rings. The molecule has 2 atom stereocenters. The van der Waals surface area contributed by atoms with Gasteiger partial charge >= 0.3 is 0 Å². The predicted octanol–water partition coefficient (Wildman–Crippen LogP) is 4.75. The molecule has 0 heterocycles. The fraction of sp³-hybridized carbons (Fsp3) is 0.250. The molecule has 0 saturated heterocycles. The predicted molar refractivity (Wildman–Crippen MR) is 83.6 cm³/mol. The minimum Gasteiger partial charge on any atom is -0.309 e. The largest absolute Gasteiger partial charge is 0.309 e. The van der Waals surface area contributed by atoms with E-state index in [2.05, 4.69) is 57.6 Å². The van der Waals surface area contributed by atoms with Gasteiger partial charge in [-0.1, -0.05) is 57.9 Å². The molecule has 1 aliphatic rings. The van der Waals surface area contributed by atoms with Gasteiger partial charge in [0, 0.05) is 28.0 Å². The highest BCUT2D eigenvalue weighted by molar-refractivity contribution is 9.10. The van der Waals surface area contributed by atoms with E-state index in [1.165, 1.54) is 12.0 Å². The second-order valence-electron chi connectivity index (χ2n) is 4.98. The lowest BCUT2D eigenvalue weighted by Gasteiger charge is -2.07. The Labute approximate surface area is 127 Å². The molecular formula is C16H15BrClN. The van der Waals surface area contributed by atoms with Crippen LogP contribution in [0.15, 0.2) is 53.0 Å². The Balaban J connectivity index is 1.59. The summed E-state index contributed by atoms with van der Waals surface area (Å²) in [4.78, 5) is 0. The lowest BCUT2D eigenvalue weighted by molar-refractivity contribution is 0.672. The maximum Gasteiger partial charge on any atom is 0.0451 e. The molecule has 0 spiro atoms. The Morgan fingerprint density at radius 3 is 2.74 bits per heavy atom. The summed E-state index contributed by atoms with van der Waals surface area (Å²) < 4.78 is 1.07. The van der Waals surface area contributed by atoms with Crippen molar-refractivity contribution in [2.45, 2.75) is 24.9 Å². The van der Waals surface area contributed by atoms with Gasteiger partial charge in [0.1, 0.15) is 0 Å². The molecule has 0 aliphatic heterocycles. The Hall–Kier alpha value is -0.830. The summed E-state index contributed by atoms with van der Waals surface area (Å²) in [5, 5.41) is 4.41. The molecule has 3 rings (SSSR count). The number of benzene rings is 2. The molecule has 98 valence electrons. The van der Waals surface area contributed by atoms with Crippen LogP contribution in [0.3, 0.4) is 0 Å². The Morgan fingerprint density at radius 2 is 1.95 bits per heavy atom. The number of hydrogen-bond donors (Lipinski definition) is 1. The first-order valence-corrected chi connectivity index (χ1v) is 7.63. The van der Waals surface area contributed by atoms with E-state index < -0.39 is 0 Å². The summed E-state index contributed by atoms with van der Waals surface area (Å²) >= 11 is 9.67. The minimum atomic E-state index is 0.581. The van der Waals surface area contributed by atoms with Crippen LogP contribution in [-0.4, -0.2) is 6.04 Å². The zero-order valence-corrected chi connectivity index (χ0v) is 12.8. The van der Waals surface area contributed by atoms with Crippen molar-refractivity contribution in [3.8, 4) is 0 Å². The van der Waals surface area contributed by atoms with Gasteiger partial charge in [-0.05, 0) is 35.7 Å². The highest BCUT2D eigenvalue weighted by atomic mass is 79.9. The molecule has 0 amide bonds. The fourth-order valence-electron chi connectivity index (χ4n) is 2.41. The Morgan fingerprint density at radius 1 is 1.16 bits per heavy atom. The first-order valence-electron chi connectivity index (χ1n) is 6.46. The topological polar surface area (TPSA) is 12.0 Å². The van der Waals surface area contributed by atoms with Crippen LogP contribution in [0.1, 0.15) is 23.5 Å². The Bertz CT molecular complexity index is 570. The van der Waals surface area contributed by atoms with Crippen molar-refractivity contribution in [1.29, 1.82) is 0 Å². The summed E-state index contributed by atoms with van der Waals surface area (Å²) in [5.74, 6) is 0.659. The van der Waals surface area contributed by atoms with Crippen LogP contribution in [-0.2, 0) is 6.54 Å². The third kappa shape index (κ3) is 3.19. The number of hydrogen-bond acceptors (Lipinski definition) is 1. The van der Waals surface area contributed by atoms with Crippen LogP contribution < -0.4 is 5.32 Å². The minimum absolute atomic E-state index is 0.581.